The first-order valence-electron chi connectivity index (χ1n) is 13.9. The number of hydrogen-bond donors (Lipinski definition) is 1. The Morgan fingerprint density at radius 2 is 1.87 bits per heavy atom. The van der Waals surface area contributed by atoms with E-state index in [0.29, 0.717) is 12.6 Å². The molecular weight excluding hydrogens is 492 g/mol. The van der Waals surface area contributed by atoms with Gasteiger partial charge in [0.1, 0.15) is 24.0 Å². The number of hydrogen-bond acceptors (Lipinski definition) is 9. The number of phenolic OH excluding ortho intramolecular Hbond substituents is 1. The molecule has 6 rings (SSSR count). The summed E-state index contributed by atoms with van der Waals surface area (Å²) in [6.07, 6.45) is 7.24. The number of likely N-dealkylation sites (tertiary alicyclic amines) is 1. The summed E-state index contributed by atoms with van der Waals surface area (Å²) in [4.78, 5) is 29.9. The zero-order valence-corrected chi connectivity index (χ0v) is 22.5. The van der Waals surface area contributed by atoms with Crippen molar-refractivity contribution < 1.29 is 14.6 Å². The second-order valence-electron chi connectivity index (χ2n) is 10.8. The Kier molecular flexibility index (Phi) is 7.24. The van der Waals surface area contributed by atoms with Crippen LogP contribution in [0.4, 0.5) is 11.5 Å². The summed E-state index contributed by atoms with van der Waals surface area (Å²) in [7, 11) is 2.13. The number of nitrogens with zero attached hydrogens (tertiary/aromatic N) is 6. The summed E-state index contributed by atoms with van der Waals surface area (Å²) in [5.74, 6) is 1.24. The summed E-state index contributed by atoms with van der Waals surface area (Å²) in [5.41, 5.74) is 3.19. The highest BCUT2D eigenvalue weighted by Gasteiger charge is 2.29. The van der Waals surface area contributed by atoms with Gasteiger partial charge in [0.15, 0.2) is 0 Å². The smallest absolute Gasteiger partial charge is 0.318 e. The number of carbonyl (C=O) groups excluding carboxylic acids is 1. The minimum atomic E-state index is 0.0784. The van der Waals surface area contributed by atoms with E-state index in [1.807, 2.05) is 36.5 Å². The highest BCUT2D eigenvalue weighted by molar-refractivity contribution is 5.95. The van der Waals surface area contributed by atoms with E-state index in [-0.39, 0.29) is 11.9 Å². The van der Waals surface area contributed by atoms with Crippen molar-refractivity contribution in [1.82, 2.24) is 19.8 Å². The Labute approximate surface area is 229 Å². The number of rotatable bonds is 6. The molecule has 9 heteroatoms. The predicted molar refractivity (Wildman–Crippen MR) is 153 cm³/mol. The Bertz CT molecular complexity index is 1370. The molecule has 0 aliphatic carbocycles. The lowest BCUT2D eigenvalue weighted by Crippen LogP contribution is -2.45. The third-order valence-electron chi connectivity index (χ3n) is 8.03. The van der Waals surface area contributed by atoms with Crippen LogP contribution in [0.25, 0.3) is 10.8 Å². The van der Waals surface area contributed by atoms with E-state index in [2.05, 4.69) is 32.7 Å². The van der Waals surface area contributed by atoms with E-state index in [4.69, 9.17) is 14.7 Å². The van der Waals surface area contributed by atoms with Gasteiger partial charge in [0.25, 0.3) is 0 Å². The molecule has 204 valence electrons. The van der Waals surface area contributed by atoms with E-state index in [1.165, 1.54) is 5.56 Å². The number of carbonyl (C=O) groups is 1. The van der Waals surface area contributed by atoms with E-state index in [1.54, 1.807) is 6.08 Å². The largest absolute Gasteiger partial charge is 0.508 e. The number of benzene rings is 2. The van der Waals surface area contributed by atoms with Gasteiger partial charge >= 0.3 is 6.01 Å². The van der Waals surface area contributed by atoms with Crippen LogP contribution in [-0.2, 0) is 17.8 Å². The number of aromatic nitrogens is 2. The molecule has 0 bridgehead atoms. The van der Waals surface area contributed by atoms with Crippen LogP contribution in [0.15, 0.2) is 48.7 Å². The van der Waals surface area contributed by atoms with Crippen LogP contribution in [0.5, 0.6) is 11.8 Å². The average Bonchev–Trinajstić information content (AvgIpc) is 2.95. The molecule has 3 aromatic rings. The first kappa shape index (κ1) is 25.4. The zero-order valence-electron chi connectivity index (χ0n) is 22.5. The van der Waals surface area contributed by atoms with Crippen LogP contribution < -0.4 is 14.5 Å². The third-order valence-corrected chi connectivity index (χ3v) is 8.03. The number of fused-ring (bicyclic) bond motifs is 2. The summed E-state index contributed by atoms with van der Waals surface area (Å²) >= 11 is 0. The van der Waals surface area contributed by atoms with Gasteiger partial charge in [-0.25, -0.2) is 0 Å². The molecule has 0 saturated carbocycles. The number of aldehydes is 1. The number of piperazine rings is 1. The fourth-order valence-corrected chi connectivity index (χ4v) is 6.05. The predicted octanol–water partition coefficient (Wildman–Crippen LogP) is 3.21. The zero-order chi connectivity index (χ0) is 26.8. The topological polar surface area (TPSA) is 85.3 Å². The maximum atomic E-state index is 10.8. The van der Waals surface area contributed by atoms with Crippen molar-refractivity contribution in [1.29, 1.82) is 0 Å². The van der Waals surface area contributed by atoms with E-state index >= 15 is 0 Å². The number of allylic oxidation sites excluding steroid dienone is 1. The summed E-state index contributed by atoms with van der Waals surface area (Å²) in [5, 5.41) is 12.6. The van der Waals surface area contributed by atoms with Crippen LogP contribution in [0.3, 0.4) is 0 Å². The van der Waals surface area contributed by atoms with Gasteiger partial charge in [-0.05, 0) is 50.4 Å². The number of phenols is 1. The molecule has 0 unspecified atom stereocenters. The molecule has 9 nitrogen and oxygen atoms in total. The van der Waals surface area contributed by atoms with Gasteiger partial charge in [-0.1, -0.05) is 24.3 Å². The van der Waals surface area contributed by atoms with Crippen molar-refractivity contribution >= 4 is 28.6 Å². The first-order valence-corrected chi connectivity index (χ1v) is 13.9. The van der Waals surface area contributed by atoms with Gasteiger partial charge in [-0.15, -0.1) is 0 Å². The number of aromatic hydroxyl groups is 1. The van der Waals surface area contributed by atoms with E-state index < -0.39 is 0 Å². The van der Waals surface area contributed by atoms with Crippen LogP contribution in [0.2, 0.25) is 0 Å². The highest BCUT2D eigenvalue weighted by atomic mass is 16.5. The van der Waals surface area contributed by atoms with Gasteiger partial charge in [0, 0.05) is 68.2 Å². The molecule has 0 radical (unpaired) electrons. The minimum absolute atomic E-state index is 0.0784. The number of anilines is 2. The normalized spacial score (nSPS) is 20.4. The maximum absolute atomic E-state index is 10.8. The monoisotopic (exact) mass is 528 g/mol. The average molecular weight is 529 g/mol. The molecule has 0 amide bonds. The molecule has 1 aromatic heterocycles. The Morgan fingerprint density at radius 3 is 2.69 bits per heavy atom. The fraction of sp³-hybridized carbons (Fsp3) is 0.433. The van der Waals surface area contributed by atoms with Crippen LogP contribution in [0, 0.1) is 0 Å². The van der Waals surface area contributed by atoms with Crippen LogP contribution in [0.1, 0.15) is 24.1 Å². The quantitative estimate of drug-likeness (QED) is 0.383. The summed E-state index contributed by atoms with van der Waals surface area (Å²) < 4.78 is 6.42. The molecule has 2 aromatic carbocycles. The molecule has 1 atom stereocenters. The lowest BCUT2D eigenvalue weighted by atomic mass is 10.0. The SMILES string of the molecule is CN1CCC[C@@H](Oc2nc3c(c(N4CCN(C=CC=O)CC4)n2)CCN(c2cc(O)cc4ccccc24)C3)C1. The second kappa shape index (κ2) is 11.1. The lowest BCUT2D eigenvalue weighted by Gasteiger charge is -2.38. The van der Waals surface area contributed by atoms with Crippen molar-refractivity contribution in [2.45, 2.75) is 31.9 Å². The second-order valence-corrected chi connectivity index (χ2v) is 10.8. The minimum Gasteiger partial charge on any atom is -0.508 e. The molecule has 2 saturated heterocycles. The molecule has 4 heterocycles. The fourth-order valence-electron chi connectivity index (χ4n) is 6.05. The third kappa shape index (κ3) is 5.49. The summed E-state index contributed by atoms with van der Waals surface area (Å²) in [6.45, 7) is 6.69. The summed E-state index contributed by atoms with van der Waals surface area (Å²) in [6, 6.07) is 12.3. The lowest BCUT2D eigenvalue weighted by molar-refractivity contribution is -0.104. The Hall–Kier alpha value is -3.85. The molecule has 1 N–H and O–H groups in total. The van der Waals surface area contributed by atoms with Crippen molar-refractivity contribution in [3.8, 4) is 11.8 Å². The van der Waals surface area contributed by atoms with E-state index in [9.17, 15) is 9.90 Å². The molecule has 3 aliphatic heterocycles. The molecular formula is C30H36N6O3. The van der Waals surface area contributed by atoms with Gasteiger partial charge in [-0.3, -0.25) is 4.79 Å². The molecule has 39 heavy (non-hydrogen) atoms. The van der Waals surface area contributed by atoms with Crippen molar-refractivity contribution in [2.75, 3.05) is 62.7 Å². The maximum Gasteiger partial charge on any atom is 0.318 e. The number of likely N-dealkylation sites (N-methyl/N-ethyl adjacent to an activating group) is 1. The van der Waals surface area contributed by atoms with Crippen molar-refractivity contribution in [3.05, 3.63) is 59.9 Å². The standard InChI is InChI=1S/C30H36N6O3/c1-33-10-4-7-24(20-33)39-30-31-27-21-36(28-19-23(38)18-22-6-2-3-8-25(22)28)12-9-26(27)29(32-30)35-15-13-34(14-16-35)11-5-17-37/h2-3,5-6,8,11,17-19,24,38H,4,7,9-10,12-16,20-21H2,1H3/t24-/m1/s1. The van der Waals surface area contributed by atoms with Gasteiger partial charge in [-0.2, -0.15) is 9.97 Å². The first-order chi connectivity index (χ1) is 19.1. The number of ether oxygens (including phenoxy) is 1. The van der Waals surface area contributed by atoms with Crippen LogP contribution in [-0.4, -0.2) is 90.1 Å². The molecule has 3 aliphatic rings. The Morgan fingerprint density at radius 1 is 1.03 bits per heavy atom. The molecule has 2 fully saturated rings. The number of piperidine rings is 1. The van der Waals surface area contributed by atoms with Crippen molar-refractivity contribution in [3.63, 3.8) is 0 Å². The van der Waals surface area contributed by atoms with Gasteiger partial charge in [0.05, 0.1) is 12.2 Å². The highest BCUT2D eigenvalue weighted by Crippen LogP contribution is 2.36. The Balaban J connectivity index is 1.32. The van der Waals surface area contributed by atoms with Gasteiger partial charge in [0.2, 0.25) is 0 Å². The van der Waals surface area contributed by atoms with Crippen LogP contribution >= 0.6 is 0 Å². The van der Waals surface area contributed by atoms with Crippen molar-refractivity contribution in [2.24, 2.45) is 0 Å². The van der Waals surface area contributed by atoms with E-state index in [0.717, 1.165) is 99.3 Å². The van der Waals surface area contributed by atoms with Gasteiger partial charge < -0.3 is 29.4 Å². The molecule has 0 spiro atoms.